The van der Waals surface area contributed by atoms with E-state index >= 15 is 0 Å². The van der Waals surface area contributed by atoms with Gasteiger partial charge in [-0.3, -0.25) is 0 Å². The zero-order valence-electron chi connectivity index (χ0n) is 9.46. The van der Waals surface area contributed by atoms with Gasteiger partial charge in [0.2, 0.25) is 0 Å². The Bertz CT molecular complexity index is 590. The van der Waals surface area contributed by atoms with Crippen molar-refractivity contribution >= 4 is 25.4 Å². The largest absolute Gasteiger partial charge is 0.398 e. The van der Waals surface area contributed by atoms with E-state index in [1.54, 1.807) is 12.1 Å². The number of rotatable bonds is 5. The maximum absolute atomic E-state index is 11.9. The molecule has 1 aromatic rings. The van der Waals surface area contributed by atoms with Crippen molar-refractivity contribution in [3.8, 4) is 0 Å². The van der Waals surface area contributed by atoms with Crippen LogP contribution in [-0.4, -0.2) is 34.1 Å². The van der Waals surface area contributed by atoms with Crippen molar-refractivity contribution in [2.24, 2.45) is 0 Å². The highest BCUT2D eigenvalue weighted by atomic mass is 32.2. The maximum Gasteiger partial charge on any atom is 0.181 e. The second-order valence-corrected chi connectivity index (χ2v) is 8.14. The van der Waals surface area contributed by atoms with E-state index < -0.39 is 25.4 Å². The monoisotopic (exact) mass is 277 g/mol. The Hall–Kier alpha value is -1.08. The van der Waals surface area contributed by atoms with E-state index in [1.807, 2.05) is 0 Å². The molecule has 7 heteroatoms. The number of sulfone groups is 2. The van der Waals surface area contributed by atoms with Crippen molar-refractivity contribution in [2.75, 3.05) is 23.0 Å². The van der Waals surface area contributed by atoms with Gasteiger partial charge < -0.3 is 5.73 Å². The van der Waals surface area contributed by atoms with Crippen LogP contribution in [0.1, 0.15) is 6.92 Å². The van der Waals surface area contributed by atoms with Gasteiger partial charge in [-0.05, 0) is 12.1 Å². The van der Waals surface area contributed by atoms with Crippen LogP contribution in [0.3, 0.4) is 0 Å². The lowest BCUT2D eigenvalue weighted by Crippen LogP contribution is -2.19. The molecule has 0 unspecified atom stereocenters. The zero-order chi connectivity index (χ0) is 13.1. The fourth-order valence-corrected chi connectivity index (χ4v) is 4.37. The predicted octanol–water partition coefficient (Wildman–Crippen LogP) is 0.477. The van der Waals surface area contributed by atoms with E-state index in [1.165, 1.54) is 19.1 Å². The molecule has 0 aromatic heterocycles. The Morgan fingerprint density at radius 1 is 1.06 bits per heavy atom. The van der Waals surface area contributed by atoms with Crippen LogP contribution in [0.4, 0.5) is 5.69 Å². The average Bonchev–Trinajstić information content (AvgIpc) is 2.27. The first-order valence-corrected chi connectivity index (χ1v) is 8.53. The number of hydrogen-bond donors (Lipinski definition) is 1. The summed E-state index contributed by atoms with van der Waals surface area (Å²) in [6, 6.07) is 6.03. The highest BCUT2D eigenvalue weighted by molar-refractivity contribution is 7.95. The summed E-state index contributed by atoms with van der Waals surface area (Å²) in [7, 11) is -6.93. The Morgan fingerprint density at radius 2 is 1.65 bits per heavy atom. The first-order chi connectivity index (χ1) is 7.78. The van der Waals surface area contributed by atoms with Crippen LogP contribution in [-0.2, 0) is 19.7 Å². The molecule has 0 atom stereocenters. The van der Waals surface area contributed by atoms with Gasteiger partial charge in [-0.1, -0.05) is 19.1 Å². The van der Waals surface area contributed by atoms with Crippen LogP contribution in [0.15, 0.2) is 29.2 Å². The van der Waals surface area contributed by atoms with E-state index in [-0.39, 0.29) is 22.1 Å². The first kappa shape index (κ1) is 14.0. The highest BCUT2D eigenvalue weighted by Gasteiger charge is 2.20. The second-order valence-electron chi connectivity index (χ2n) is 3.59. The Balaban J connectivity index is 2.95. The van der Waals surface area contributed by atoms with Crippen molar-refractivity contribution < 1.29 is 16.8 Å². The van der Waals surface area contributed by atoms with Gasteiger partial charge in [0.25, 0.3) is 0 Å². The molecule has 0 aliphatic heterocycles. The van der Waals surface area contributed by atoms with E-state index in [4.69, 9.17) is 5.73 Å². The van der Waals surface area contributed by atoms with Gasteiger partial charge in [-0.25, -0.2) is 16.8 Å². The third kappa shape index (κ3) is 3.71. The van der Waals surface area contributed by atoms with E-state index in [0.29, 0.717) is 0 Å². The Labute approximate surface area is 101 Å². The fraction of sp³-hybridized carbons (Fsp3) is 0.400. The predicted molar refractivity (Wildman–Crippen MR) is 67.2 cm³/mol. The van der Waals surface area contributed by atoms with Crippen molar-refractivity contribution in [3.05, 3.63) is 24.3 Å². The first-order valence-electron chi connectivity index (χ1n) is 5.06. The van der Waals surface area contributed by atoms with Crippen molar-refractivity contribution in [1.29, 1.82) is 0 Å². The quantitative estimate of drug-likeness (QED) is 0.790. The molecule has 0 amide bonds. The molecule has 0 bridgehead atoms. The highest BCUT2D eigenvalue weighted by Crippen LogP contribution is 2.18. The van der Waals surface area contributed by atoms with E-state index in [2.05, 4.69) is 0 Å². The fourth-order valence-electron chi connectivity index (χ4n) is 1.25. The maximum atomic E-state index is 11.9. The minimum atomic E-state index is -3.64. The molecule has 96 valence electrons. The summed E-state index contributed by atoms with van der Waals surface area (Å²) < 4.78 is 46.3. The standard InChI is InChI=1S/C10H15NO4S2/c1-2-16(12,13)7-8-17(14,15)10-6-4-3-5-9(10)11/h3-6H,2,7-8,11H2,1H3. The number of nitrogens with two attached hydrogens (primary N) is 1. The third-order valence-electron chi connectivity index (χ3n) is 2.36. The summed E-state index contributed by atoms with van der Waals surface area (Å²) in [4.78, 5) is -0.00805. The van der Waals surface area contributed by atoms with Crippen molar-refractivity contribution in [1.82, 2.24) is 0 Å². The minimum Gasteiger partial charge on any atom is -0.398 e. The molecular formula is C10H15NO4S2. The van der Waals surface area contributed by atoms with E-state index in [9.17, 15) is 16.8 Å². The van der Waals surface area contributed by atoms with Crippen LogP contribution in [0, 0.1) is 0 Å². The average molecular weight is 277 g/mol. The molecule has 0 fully saturated rings. The van der Waals surface area contributed by atoms with Gasteiger partial charge in [0.1, 0.15) is 0 Å². The van der Waals surface area contributed by atoms with Gasteiger partial charge in [-0.15, -0.1) is 0 Å². The number of nitrogen functional groups attached to an aromatic ring is 1. The Kier molecular flexibility index (Phi) is 4.16. The number of hydrogen-bond acceptors (Lipinski definition) is 5. The number of para-hydroxylation sites is 1. The molecular weight excluding hydrogens is 262 g/mol. The van der Waals surface area contributed by atoms with Gasteiger partial charge >= 0.3 is 0 Å². The lowest BCUT2D eigenvalue weighted by molar-refractivity contribution is 0.588. The van der Waals surface area contributed by atoms with Crippen LogP contribution in [0.25, 0.3) is 0 Å². The van der Waals surface area contributed by atoms with Crippen LogP contribution < -0.4 is 5.73 Å². The minimum absolute atomic E-state index is 0.00805. The summed E-state index contributed by atoms with van der Waals surface area (Å²) in [5.74, 6) is -0.871. The molecule has 0 saturated heterocycles. The summed E-state index contributed by atoms with van der Waals surface area (Å²) in [6.07, 6.45) is 0. The number of benzene rings is 1. The molecule has 0 aliphatic rings. The molecule has 1 aromatic carbocycles. The molecule has 1 rings (SSSR count). The Morgan fingerprint density at radius 3 is 2.18 bits per heavy atom. The van der Waals surface area contributed by atoms with Gasteiger partial charge in [-0.2, -0.15) is 0 Å². The summed E-state index contributed by atoms with van der Waals surface area (Å²) >= 11 is 0. The topological polar surface area (TPSA) is 94.3 Å². The van der Waals surface area contributed by atoms with Crippen LogP contribution in [0.5, 0.6) is 0 Å². The summed E-state index contributed by atoms with van der Waals surface area (Å²) in [5.41, 5.74) is 5.69. The lowest BCUT2D eigenvalue weighted by atomic mass is 10.3. The zero-order valence-corrected chi connectivity index (χ0v) is 11.1. The second kappa shape index (κ2) is 5.05. The molecule has 0 saturated carbocycles. The van der Waals surface area contributed by atoms with E-state index in [0.717, 1.165) is 0 Å². The van der Waals surface area contributed by atoms with Crippen molar-refractivity contribution in [2.45, 2.75) is 11.8 Å². The molecule has 2 N–H and O–H groups in total. The normalized spacial score (nSPS) is 12.5. The number of anilines is 1. The van der Waals surface area contributed by atoms with Gasteiger partial charge in [0, 0.05) is 5.75 Å². The molecule has 17 heavy (non-hydrogen) atoms. The molecule has 0 spiro atoms. The molecule has 0 radical (unpaired) electrons. The summed E-state index contributed by atoms with van der Waals surface area (Å²) in [6.45, 7) is 1.48. The van der Waals surface area contributed by atoms with Crippen LogP contribution >= 0.6 is 0 Å². The molecule has 5 nitrogen and oxygen atoms in total. The van der Waals surface area contributed by atoms with Crippen molar-refractivity contribution in [3.63, 3.8) is 0 Å². The molecule has 0 heterocycles. The SMILES string of the molecule is CCS(=O)(=O)CCS(=O)(=O)c1ccccc1N. The van der Waals surface area contributed by atoms with Gasteiger partial charge in [0.15, 0.2) is 19.7 Å². The molecule has 0 aliphatic carbocycles. The third-order valence-corrected chi connectivity index (χ3v) is 6.10. The van der Waals surface area contributed by atoms with Crippen LogP contribution in [0.2, 0.25) is 0 Å². The smallest absolute Gasteiger partial charge is 0.181 e. The summed E-state index contributed by atoms with van der Waals surface area (Å²) in [5, 5.41) is 0. The lowest BCUT2D eigenvalue weighted by Gasteiger charge is -2.07. The van der Waals surface area contributed by atoms with Gasteiger partial charge in [0.05, 0.1) is 22.1 Å².